The van der Waals surface area contributed by atoms with Crippen molar-refractivity contribution in [3.05, 3.63) is 29.8 Å². The molecule has 0 heterocycles. The number of anilines is 1. The monoisotopic (exact) mass is 320 g/mol. The fourth-order valence-corrected chi connectivity index (χ4v) is 1.98. The normalized spacial score (nSPS) is 11.2. The van der Waals surface area contributed by atoms with E-state index in [1.807, 2.05) is 31.2 Å². The molecular weight excluding hydrogens is 292 g/mol. The number of amides is 1. The zero-order valence-electron chi connectivity index (χ0n) is 14.3. The van der Waals surface area contributed by atoms with Gasteiger partial charge >= 0.3 is 0 Å². The minimum atomic E-state index is -0.101. The van der Waals surface area contributed by atoms with Crippen LogP contribution >= 0.6 is 0 Å². The lowest BCUT2D eigenvalue weighted by Gasteiger charge is -2.12. The van der Waals surface area contributed by atoms with Gasteiger partial charge in [0.1, 0.15) is 0 Å². The molecule has 0 aliphatic rings. The zero-order chi connectivity index (χ0) is 16.9. The summed E-state index contributed by atoms with van der Waals surface area (Å²) in [5, 5.41) is 9.02. The van der Waals surface area contributed by atoms with Gasteiger partial charge in [0, 0.05) is 32.5 Å². The Balaban J connectivity index is 2.30. The van der Waals surface area contributed by atoms with Gasteiger partial charge in [0.2, 0.25) is 5.91 Å². The predicted molar refractivity (Wildman–Crippen MR) is 94.9 cm³/mol. The molecule has 0 aliphatic carbocycles. The van der Waals surface area contributed by atoms with Crippen LogP contribution in [0.15, 0.2) is 29.3 Å². The minimum Gasteiger partial charge on any atom is -0.382 e. The Morgan fingerprint density at radius 2 is 2.09 bits per heavy atom. The van der Waals surface area contributed by atoms with E-state index in [2.05, 4.69) is 27.9 Å². The van der Waals surface area contributed by atoms with Crippen LogP contribution in [0.25, 0.3) is 0 Å². The molecule has 0 aromatic heterocycles. The Bertz CT molecular complexity index is 503. The van der Waals surface area contributed by atoms with Gasteiger partial charge in [0.25, 0.3) is 0 Å². The Morgan fingerprint density at radius 1 is 1.26 bits per heavy atom. The van der Waals surface area contributed by atoms with Crippen LogP contribution in [0.1, 0.15) is 25.8 Å². The van der Waals surface area contributed by atoms with Crippen LogP contribution in [-0.2, 0) is 16.0 Å². The summed E-state index contributed by atoms with van der Waals surface area (Å²) in [7, 11) is 1.68. The summed E-state index contributed by atoms with van der Waals surface area (Å²) >= 11 is 0. The first-order valence-electron chi connectivity index (χ1n) is 8.10. The fraction of sp³-hybridized carbons (Fsp3) is 0.529. The molecule has 0 bridgehead atoms. The number of hydrogen-bond donors (Lipinski definition) is 3. The highest BCUT2D eigenvalue weighted by Gasteiger charge is 2.04. The summed E-state index contributed by atoms with van der Waals surface area (Å²) in [6, 6.07) is 7.86. The Kier molecular flexibility index (Phi) is 9.47. The van der Waals surface area contributed by atoms with E-state index in [1.165, 1.54) is 5.56 Å². The molecule has 0 atom stereocenters. The largest absolute Gasteiger partial charge is 0.382 e. The van der Waals surface area contributed by atoms with Gasteiger partial charge < -0.3 is 20.7 Å². The predicted octanol–water partition coefficient (Wildman–Crippen LogP) is 1.78. The summed E-state index contributed by atoms with van der Waals surface area (Å²) < 4.78 is 5.27. The number of aliphatic imine (C=N–C) groups is 1. The number of guanidine groups is 1. The van der Waals surface area contributed by atoms with E-state index in [0.29, 0.717) is 5.96 Å². The van der Waals surface area contributed by atoms with Crippen molar-refractivity contribution in [2.75, 3.05) is 38.7 Å². The Morgan fingerprint density at radius 3 is 2.78 bits per heavy atom. The summed E-state index contributed by atoms with van der Waals surface area (Å²) in [5.41, 5.74) is 2.01. The molecule has 0 aliphatic heterocycles. The minimum absolute atomic E-state index is 0.101. The van der Waals surface area contributed by atoms with Crippen molar-refractivity contribution in [3.63, 3.8) is 0 Å². The van der Waals surface area contributed by atoms with Crippen molar-refractivity contribution in [2.45, 2.75) is 26.7 Å². The average Bonchev–Trinajstić information content (AvgIpc) is 2.57. The summed E-state index contributed by atoms with van der Waals surface area (Å²) in [5.74, 6) is 0.509. The lowest BCUT2D eigenvalue weighted by Crippen LogP contribution is -2.41. The van der Waals surface area contributed by atoms with Crippen LogP contribution in [0.3, 0.4) is 0 Å². The highest BCUT2D eigenvalue weighted by Crippen LogP contribution is 2.10. The first-order chi connectivity index (χ1) is 11.2. The third kappa shape index (κ3) is 8.21. The zero-order valence-corrected chi connectivity index (χ0v) is 14.3. The molecule has 1 amide bonds. The maximum absolute atomic E-state index is 12.0. The van der Waals surface area contributed by atoms with Gasteiger partial charge in [-0.15, -0.1) is 0 Å². The van der Waals surface area contributed by atoms with Gasteiger partial charge in [-0.2, -0.15) is 0 Å². The third-order valence-corrected chi connectivity index (χ3v) is 3.22. The smallest absolute Gasteiger partial charge is 0.243 e. The number of carbonyl (C=O) groups excluding carboxylic acids is 1. The Labute approximate surface area is 138 Å². The molecule has 0 fully saturated rings. The second-order valence-electron chi connectivity index (χ2n) is 5.01. The van der Waals surface area contributed by atoms with Crippen molar-refractivity contribution >= 4 is 17.6 Å². The molecule has 0 unspecified atom stereocenters. The molecule has 6 nitrogen and oxygen atoms in total. The maximum atomic E-state index is 12.0. The van der Waals surface area contributed by atoms with Crippen molar-refractivity contribution in [2.24, 2.45) is 4.99 Å². The van der Waals surface area contributed by atoms with E-state index < -0.39 is 0 Å². The number of rotatable bonds is 9. The molecule has 128 valence electrons. The Hall–Kier alpha value is -2.08. The number of carbonyl (C=O) groups is 1. The standard InChI is InChI=1S/C17H28N4O2/c1-4-14-8-6-9-15(12-14)21-16(22)13-20-17(18-3)19-10-7-11-23-5-2/h6,8-9,12H,4-5,7,10-11,13H2,1-3H3,(H,21,22)(H2,18,19,20). The maximum Gasteiger partial charge on any atom is 0.243 e. The molecule has 0 saturated carbocycles. The lowest BCUT2D eigenvalue weighted by atomic mass is 10.1. The molecule has 0 spiro atoms. The quantitative estimate of drug-likeness (QED) is 0.368. The average molecular weight is 320 g/mol. The second kappa shape index (κ2) is 11.5. The second-order valence-corrected chi connectivity index (χ2v) is 5.01. The van der Waals surface area contributed by atoms with E-state index in [0.717, 1.165) is 38.3 Å². The van der Waals surface area contributed by atoms with Gasteiger partial charge in [-0.25, -0.2) is 0 Å². The summed E-state index contributed by atoms with van der Waals surface area (Å²) in [4.78, 5) is 16.1. The molecule has 1 aromatic carbocycles. The van der Waals surface area contributed by atoms with Crippen molar-refractivity contribution in [1.82, 2.24) is 10.6 Å². The first-order valence-corrected chi connectivity index (χ1v) is 8.10. The molecule has 1 rings (SSSR count). The number of aryl methyl sites for hydroxylation is 1. The van der Waals surface area contributed by atoms with Gasteiger partial charge in [0.15, 0.2) is 5.96 Å². The van der Waals surface area contributed by atoms with Crippen LogP contribution in [-0.4, -0.2) is 45.2 Å². The van der Waals surface area contributed by atoms with Crippen LogP contribution < -0.4 is 16.0 Å². The van der Waals surface area contributed by atoms with Gasteiger partial charge in [-0.1, -0.05) is 19.1 Å². The number of ether oxygens (including phenoxy) is 1. The van der Waals surface area contributed by atoms with Crippen LogP contribution in [0, 0.1) is 0 Å². The summed E-state index contributed by atoms with van der Waals surface area (Å²) in [6.45, 7) is 6.43. The highest BCUT2D eigenvalue weighted by atomic mass is 16.5. The SMILES string of the molecule is CCOCCCNC(=NC)NCC(=O)Nc1cccc(CC)c1. The molecule has 0 radical (unpaired) electrons. The summed E-state index contributed by atoms with van der Waals surface area (Å²) in [6.07, 6.45) is 1.84. The first kappa shape index (κ1) is 19.0. The molecule has 0 saturated heterocycles. The number of nitrogens with one attached hydrogen (secondary N) is 3. The molecule has 6 heteroatoms. The lowest BCUT2D eigenvalue weighted by molar-refractivity contribution is -0.115. The van der Waals surface area contributed by atoms with Crippen molar-refractivity contribution in [3.8, 4) is 0 Å². The fourth-order valence-electron chi connectivity index (χ4n) is 1.98. The van der Waals surface area contributed by atoms with E-state index in [9.17, 15) is 4.79 Å². The molecule has 23 heavy (non-hydrogen) atoms. The van der Waals surface area contributed by atoms with Crippen LogP contribution in [0.5, 0.6) is 0 Å². The molecule has 3 N–H and O–H groups in total. The van der Waals surface area contributed by atoms with E-state index in [-0.39, 0.29) is 12.5 Å². The third-order valence-electron chi connectivity index (χ3n) is 3.22. The van der Waals surface area contributed by atoms with Crippen LogP contribution in [0.4, 0.5) is 5.69 Å². The highest BCUT2D eigenvalue weighted by molar-refractivity contribution is 5.95. The molecule has 1 aromatic rings. The number of nitrogens with zero attached hydrogens (tertiary/aromatic N) is 1. The van der Waals surface area contributed by atoms with Crippen molar-refractivity contribution in [1.29, 1.82) is 0 Å². The topological polar surface area (TPSA) is 74.8 Å². The van der Waals surface area contributed by atoms with Gasteiger partial charge in [-0.05, 0) is 37.5 Å². The molecular formula is C17H28N4O2. The van der Waals surface area contributed by atoms with Gasteiger partial charge in [-0.3, -0.25) is 9.79 Å². The van der Waals surface area contributed by atoms with E-state index in [4.69, 9.17) is 4.74 Å². The number of benzene rings is 1. The van der Waals surface area contributed by atoms with E-state index in [1.54, 1.807) is 7.05 Å². The van der Waals surface area contributed by atoms with Crippen molar-refractivity contribution < 1.29 is 9.53 Å². The van der Waals surface area contributed by atoms with E-state index >= 15 is 0 Å². The van der Waals surface area contributed by atoms with Gasteiger partial charge in [0.05, 0.1) is 6.54 Å². The number of hydrogen-bond acceptors (Lipinski definition) is 3. The van der Waals surface area contributed by atoms with Crippen LogP contribution in [0.2, 0.25) is 0 Å².